The van der Waals surface area contributed by atoms with Crippen molar-refractivity contribution in [1.29, 1.82) is 0 Å². The van der Waals surface area contributed by atoms with Gasteiger partial charge in [-0.1, -0.05) is 43.0 Å². The summed E-state index contributed by atoms with van der Waals surface area (Å²) >= 11 is 2.84. The van der Waals surface area contributed by atoms with Gasteiger partial charge in [0.15, 0.2) is 10.4 Å². The number of hydrogen-bond acceptors (Lipinski definition) is 9. The summed E-state index contributed by atoms with van der Waals surface area (Å²) in [5.74, 6) is 1.75. The summed E-state index contributed by atoms with van der Waals surface area (Å²) in [5, 5.41) is 11.2. The number of sulfonamides is 1. The van der Waals surface area contributed by atoms with Gasteiger partial charge >= 0.3 is 0 Å². The van der Waals surface area contributed by atoms with Crippen molar-refractivity contribution in [3.63, 3.8) is 0 Å². The maximum atomic E-state index is 13.6. The first kappa shape index (κ1) is 25.3. The molecule has 2 heterocycles. The molecule has 0 aliphatic carbocycles. The van der Waals surface area contributed by atoms with Crippen LogP contribution >= 0.6 is 23.1 Å². The molecule has 0 unspecified atom stereocenters. The first-order valence-corrected chi connectivity index (χ1v) is 14.1. The molecule has 0 saturated carbocycles. The second kappa shape index (κ2) is 10.4. The van der Waals surface area contributed by atoms with Gasteiger partial charge in [0.25, 0.3) is 15.9 Å². The van der Waals surface area contributed by atoms with Crippen LogP contribution in [-0.2, 0) is 14.8 Å². The predicted octanol–water partition coefficient (Wildman–Crippen LogP) is 4.20. The number of nitrogens with zero attached hydrogens (tertiary/aromatic N) is 3. The number of aromatic nitrogens is 2. The molecule has 0 fully saturated rings. The topological polar surface area (TPSA) is 111 Å². The maximum Gasteiger partial charge on any atom is 0.269 e. The molecule has 1 aliphatic rings. The van der Waals surface area contributed by atoms with Gasteiger partial charge in [0.1, 0.15) is 11.5 Å². The molecule has 1 atom stereocenters. The van der Waals surface area contributed by atoms with Crippen molar-refractivity contribution >= 4 is 49.8 Å². The Morgan fingerprint density at radius 1 is 1.26 bits per heavy atom. The molecule has 0 radical (unpaired) electrons. The molecule has 1 aromatic heterocycles. The van der Waals surface area contributed by atoms with E-state index in [0.29, 0.717) is 28.2 Å². The lowest BCUT2D eigenvalue weighted by atomic mass is 10.1. The second-order valence-electron chi connectivity index (χ2n) is 8.36. The monoisotopic (exact) mass is 534 g/mol. The molecule has 0 spiro atoms. The number of carbonyl (C=O) groups is 1. The zero-order valence-electron chi connectivity index (χ0n) is 19.7. The Balaban J connectivity index is 1.59. The van der Waals surface area contributed by atoms with Crippen LogP contribution in [0, 0.1) is 12.8 Å². The number of thioether (sulfide) groups is 1. The van der Waals surface area contributed by atoms with E-state index in [0.717, 1.165) is 15.7 Å². The van der Waals surface area contributed by atoms with Crippen molar-refractivity contribution in [2.75, 3.05) is 29.0 Å². The van der Waals surface area contributed by atoms with Crippen LogP contribution in [0.25, 0.3) is 0 Å². The molecular weight excluding hydrogens is 508 g/mol. The Kier molecular flexibility index (Phi) is 7.53. The Labute approximate surface area is 212 Å². The van der Waals surface area contributed by atoms with E-state index in [4.69, 9.17) is 9.47 Å². The lowest BCUT2D eigenvalue weighted by Crippen LogP contribution is -2.48. The molecule has 12 heteroatoms. The van der Waals surface area contributed by atoms with Crippen molar-refractivity contribution in [3.8, 4) is 11.5 Å². The molecule has 1 amide bonds. The van der Waals surface area contributed by atoms with Crippen molar-refractivity contribution in [3.05, 3.63) is 48.0 Å². The van der Waals surface area contributed by atoms with E-state index in [1.54, 1.807) is 42.1 Å². The molecule has 9 nitrogen and oxygen atoms in total. The number of amides is 1. The number of benzene rings is 2. The quantitative estimate of drug-likeness (QED) is 0.338. The summed E-state index contributed by atoms with van der Waals surface area (Å²) in [6, 6.07) is 11.3. The number of nitrogens with one attached hydrogen (secondary N) is 1. The SMILES string of the molecule is COc1ccc(S(=O)(=O)N2C[C@H](C(=O)Nc3nnc(SCC(C)C)s3)Oc3ccc(C)cc32)cc1. The van der Waals surface area contributed by atoms with Gasteiger partial charge in [-0.05, 0) is 54.8 Å². The second-order valence-corrected chi connectivity index (χ2v) is 12.5. The van der Waals surface area contributed by atoms with Crippen LogP contribution in [0.3, 0.4) is 0 Å². The minimum atomic E-state index is -3.98. The molecule has 1 aliphatic heterocycles. The van der Waals surface area contributed by atoms with Crippen LogP contribution in [0.1, 0.15) is 19.4 Å². The van der Waals surface area contributed by atoms with Crippen LogP contribution in [0.2, 0.25) is 0 Å². The van der Waals surface area contributed by atoms with Crippen molar-refractivity contribution in [1.82, 2.24) is 10.2 Å². The van der Waals surface area contributed by atoms with E-state index < -0.39 is 22.0 Å². The van der Waals surface area contributed by atoms with E-state index in [1.807, 2.05) is 6.92 Å². The number of hydrogen-bond donors (Lipinski definition) is 1. The van der Waals surface area contributed by atoms with Crippen LogP contribution in [-0.4, -0.2) is 50.0 Å². The fourth-order valence-corrected chi connectivity index (χ4v) is 6.54. The highest BCUT2D eigenvalue weighted by Crippen LogP contribution is 2.38. The predicted molar refractivity (Wildman–Crippen MR) is 137 cm³/mol. The fraction of sp³-hybridized carbons (Fsp3) is 0.348. The minimum absolute atomic E-state index is 0.0859. The van der Waals surface area contributed by atoms with Gasteiger partial charge in [-0.15, -0.1) is 10.2 Å². The number of methoxy groups -OCH3 is 1. The lowest BCUT2D eigenvalue weighted by molar-refractivity contribution is -0.122. The van der Waals surface area contributed by atoms with Crippen molar-refractivity contribution < 1.29 is 22.7 Å². The van der Waals surface area contributed by atoms with Crippen LogP contribution in [0.4, 0.5) is 10.8 Å². The van der Waals surface area contributed by atoms with E-state index in [2.05, 4.69) is 29.4 Å². The highest BCUT2D eigenvalue weighted by atomic mass is 32.2. The number of rotatable bonds is 8. The molecule has 2 aromatic carbocycles. The van der Waals surface area contributed by atoms with Gasteiger partial charge in [-0.3, -0.25) is 14.4 Å². The normalized spacial score (nSPS) is 15.5. The number of fused-ring (bicyclic) bond motifs is 1. The minimum Gasteiger partial charge on any atom is -0.497 e. The molecule has 1 N–H and O–H groups in total. The molecule has 4 rings (SSSR count). The molecule has 0 saturated heterocycles. The average molecular weight is 535 g/mol. The van der Waals surface area contributed by atoms with Gasteiger partial charge in [-0.2, -0.15) is 0 Å². The third-order valence-corrected chi connectivity index (χ3v) is 9.29. The van der Waals surface area contributed by atoms with Gasteiger partial charge in [0, 0.05) is 5.75 Å². The van der Waals surface area contributed by atoms with Crippen LogP contribution in [0.15, 0.2) is 51.7 Å². The largest absolute Gasteiger partial charge is 0.497 e. The summed E-state index contributed by atoms with van der Waals surface area (Å²) in [5.41, 5.74) is 1.25. The van der Waals surface area contributed by atoms with E-state index in [9.17, 15) is 13.2 Å². The summed E-state index contributed by atoms with van der Waals surface area (Å²) < 4.78 is 40.2. The lowest BCUT2D eigenvalue weighted by Gasteiger charge is -2.34. The summed E-state index contributed by atoms with van der Waals surface area (Å²) in [7, 11) is -2.47. The van der Waals surface area contributed by atoms with E-state index in [-0.39, 0.29) is 11.4 Å². The molecule has 35 heavy (non-hydrogen) atoms. The Hall–Kier alpha value is -2.83. The van der Waals surface area contributed by atoms with Gasteiger partial charge in [0.2, 0.25) is 5.13 Å². The zero-order chi connectivity index (χ0) is 25.2. The standard InChI is InChI=1S/C23H26N4O5S3/c1-14(2)13-33-23-26-25-22(34-23)24-21(28)20-12-27(18-11-15(3)5-10-19(18)32-20)35(29,30)17-8-6-16(31-4)7-9-17/h5-11,14,20H,12-13H2,1-4H3,(H,24,25,28)/t20-/m1/s1. The van der Waals surface area contributed by atoms with Gasteiger partial charge < -0.3 is 9.47 Å². The third-order valence-electron chi connectivity index (χ3n) is 5.10. The van der Waals surface area contributed by atoms with Crippen LogP contribution in [0.5, 0.6) is 11.5 Å². The van der Waals surface area contributed by atoms with Crippen molar-refractivity contribution in [2.24, 2.45) is 5.92 Å². The van der Waals surface area contributed by atoms with E-state index >= 15 is 0 Å². The number of aryl methyl sites for hydroxylation is 1. The molecular formula is C23H26N4O5S3. The number of anilines is 2. The molecule has 3 aromatic rings. The summed E-state index contributed by atoms with van der Waals surface area (Å²) in [6.45, 7) is 5.90. The summed E-state index contributed by atoms with van der Waals surface area (Å²) in [6.07, 6.45) is -1.08. The first-order valence-electron chi connectivity index (χ1n) is 10.9. The highest BCUT2D eigenvalue weighted by Gasteiger charge is 2.38. The van der Waals surface area contributed by atoms with Gasteiger partial charge in [-0.25, -0.2) is 8.42 Å². The Bertz CT molecular complexity index is 1310. The fourth-order valence-electron chi connectivity index (χ4n) is 3.34. The van der Waals surface area contributed by atoms with Crippen LogP contribution < -0.4 is 19.1 Å². The summed E-state index contributed by atoms with van der Waals surface area (Å²) in [4.78, 5) is 13.2. The average Bonchev–Trinajstić information content (AvgIpc) is 3.29. The Morgan fingerprint density at radius 3 is 2.69 bits per heavy atom. The molecule has 0 bridgehead atoms. The molecule has 186 valence electrons. The third kappa shape index (κ3) is 5.71. The van der Waals surface area contributed by atoms with E-state index in [1.165, 1.54) is 34.9 Å². The van der Waals surface area contributed by atoms with Gasteiger partial charge in [0.05, 0.1) is 24.2 Å². The first-order chi connectivity index (χ1) is 16.7. The van der Waals surface area contributed by atoms with Crippen molar-refractivity contribution in [2.45, 2.75) is 36.1 Å². The number of carbonyl (C=O) groups excluding carboxylic acids is 1. The number of ether oxygens (including phenoxy) is 2. The highest BCUT2D eigenvalue weighted by molar-refractivity contribution is 8.01. The smallest absolute Gasteiger partial charge is 0.269 e. The maximum absolute atomic E-state index is 13.6. The zero-order valence-corrected chi connectivity index (χ0v) is 22.2. The Morgan fingerprint density at radius 2 is 2.00 bits per heavy atom.